The summed E-state index contributed by atoms with van der Waals surface area (Å²) in [4.78, 5) is 16.3. The van der Waals surface area contributed by atoms with Crippen molar-refractivity contribution in [3.63, 3.8) is 0 Å². The molecule has 1 unspecified atom stereocenters. The topological polar surface area (TPSA) is 67.5 Å². The molecule has 1 atom stereocenters. The van der Waals surface area contributed by atoms with Gasteiger partial charge in [-0.3, -0.25) is 9.79 Å². The van der Waals surface area contributed by atoms with Gasteiger partial charge >= 0.3 is 0 Å². The molecule has 0 radical (unpaired) electrons. The number of nitrogens with zero attached hydrogens (tertiary/aromatic N) is 1. The number of thioether (sulfide) groups is 1. The van der Waals surface area contributed by atoms with Gasteiger partial charge in [-0.1, -0.05) is 23.4 Å². The van der Waals surface area contributed by atoms with E-state index in [0.717, 1.165) is 24.2 Å². The lowest BCUT2D eigenvalue weighted by atomic mass is 9.91. The summed E-state index contributed by atoms with van der Waals surface area (Å²) in [5.41, 5.74) is 7.17. The van der Waals surface area contributed by atoms with Crippen molar-refractivity contribution >= 4 is 34.2 Å². The van der Waals surface area contributed by atoms with Crippen molar-refractivity contribution in [2.45, 2.75) is 32.2 Å². The first-order valence-electron chi connectivity index (χ1n) is 8.02. The van der Waals surface area contributed by atoms with E-state index in [9.17, 15) is 9.18 Å². The minimum absolute atomic E-state index is 0.114. The lowest BCUT2D eigenvalue weighted by Gasteiger charge is -2.29. The number of thiophene rings is 1. The number of aliphatic imine (C=N–C) groups is 1. The standard InChI is InChI=1S/C17H22FN3OS2.C2H2/c1-12(9-17(2)6-8-24-16(19)21-17)3-4-14(18)10-20-15(22)13-5-7-23-11-13;1-2/h3-5,7,11H,6,8-10H2,1-2H3,(H2,19,21)(H,20,22);1-2H/b12-3+,14-4+;. The van der Waals surface area contributed by atoms with Crippen LogP contribution in [-0.4, -0.2) is 28.9 Å². The van der Waals surface area contributed by atoms with E-state index in [4.69, 9.17) is 5.73 Å². The summed E-state index contributed by atoms with van der Waals surface area (Å²) in [7, 11) is 0. The molecule has 3 N–H and O–H groups in total. The van der Waals surface area contributed by atoms with Crippen LogP contribution in [0, 0.1) is 12.8 Å². The van der Waals surface area contributed by atoms with Gasteiger partial charge < -0.3 is 11.1 Å². The number of terminal acetylenes is 1. The van der Waals surface area contributed by atoms with Crippen molar-refractivity contribution in [2.24, 2.45) is 10.7 Å². The molecule has 4 nitrogen and oxygen atoms in total. The van der Waals surface area contributed by atoms with Gasteiger partial charge in [0.1, 0.15) is 5.83 Å². The van der Waals surface area contributed by atoms with Crippen molar-refractivity contribution in [1.82, 2.24) is 5.32 Å². The Morgan fingerprint density at radius 3 is 2.85 bits per heavy atom. The second kappa shape index (κ2) is 10.8. The Balaban J connectivity index is 0.00000163. The minimum Gasteiger partial charge on any atom is -0.379 e. The molecule has 0 bridgehead atoms. The maximum Gasteiger partial charge on any atom is 0.252 e. The smallest absolute Gasteiger partial charge is 0.252 e. The van der Waals surface area contributed by atoms with E-state index in [2.05, 4.69) is 30.1 Å². The van der Waals surface area contributed by atoms with E-state index in [1.807, 2.05) is 12.3 Å². The number of nitrogens with two attached hydrogens (primary N) is 1. The molecule has 1 amide bonds. The summed E-state index contributed by atoms with van der Waals surface area (Å²) >= 11 is 3.00. The molecule has 0 spiro atoms. The number of amidine groups is 1. The highest BCUT2D eigenvalue weighted by atomic mass is 32.2. The van der Waals surface area contributed by atoms with Gasteiger partial charge in [0.25, 0.3) is 5.91 Å². The summed E-state index contributed by atoms with van der Waals surface area (Å²) in [6, 6.07) is 1.71. The highest BCUT2D eigenvalue weighted by molar-refractivity contribution is 8.13. The van der Waals surface area contributed by atoms with E-state index >= 15 is 0 Å². The SMILES string of the molecule is C#C.C/C(=C\C=C(\F)CNC(=O)c1ccsc1)CC1(C)CCSC(N)=N1. The first-order valence-corrected chi connectivity index (χ1v) is 9.94. The molecular weight excluding hydrogens is 369 g/mol. The van der Waals surface area contributed by atoms with E-state index < -0.39 is 0 Å². The summed E-state index contributed by atoms with van der Waals surface area (Å²) in [5.74, 6) is 0.306. The Morgan fingerprint density at radius 1 is 1.50 bits per heavy atom. The van der Waals surface area contributed by atoms with Gasteiger partial charge in [0.05, 0.1) is 12.1 Å². The Labute approximate surface area is 162 Å². The first-order chi connectivity index (χ1) is 12.4. The summed E-state index contributed by atoms with van der Waals surface area (Å²) in [6.07, 6.45) is 12.8. The number of halogens is 1. The molecule has 1 aromatic rings. The Hall–Kier alpha value is -2.04. The van der Waals surface area contributed by atoms with E-state index in [0.29, 0.717) is 10.7 Å². The summed E-state index contributed by atoms with van der Waals surface area (Å²) < 4.78 is 13.9. The number of rotatable bonds is 6. The zero-order valence-corrected chi connectivity index (χ0v) is 16.6. The van der Waals surface area contributed by atoms with Gasteiger partial charge in [0, 0.05) is 16.7 Å². The molecule has 1 aromatic heterocycles. The minimum atomic E-state index is -0.384. The van der Waals surface area contributed by atoms with Crippen LogP contribution < -0.4 is 11.1 Å². The van der Waals surface area contributed by atoms with Crippen molar-refractivity contribution in [3.8, 4) is 12.8 Å². The number of hydrogen-bond donors (Lipinski definition) is 2. The van der Waals surface area contributed by atoms with Gasteiger partial charge in [-0.25, -0.2) is 4.39 Å². The molecule has 0 aromatic carbocycles. The lowest BCUT2D eigenvalue weighted by molar-refractivity contribution is 0.0955. The van der Waals surface area contributed by atoms with Crippen LogP contribution in [0.2, 0.25) is 0 Å². The number of carbonyl (C=O) groups excluding carboxylic acids is 1. The number of hydrogen-bond acceptors (Lipinski definition) is 5. The van der Waals surface area contributed by atoms with Crippen molar-refractivity contribution in [1.29, 1.82) is 0 Å². The van der Waals surface area contributed by atoms with Crippen LogP contribution in [-0.2, 0) is 0 Å². The van der Waals surface area contributed by atoms with Crippen molar-refractivity contribution in [2.75, 3.05) is 12.3 Å². The molecule has 0 aliphatic carbocycles. The van der Waals surface area contributed by atoms with Crippen LogP contribution in [0.15, 0.2) is 45.4 Å². The Morgan fingerprint density at radius 2 is 2.23 bits per heavy atom. The number of carbonyl (C=O) groups is 1. The van der Waals surface area contributed by atoms with E-state index in [-0.39, 0.29) is 23.8 Å². The van der Waals surface area contributed by atoms with Gasteiger partial charge in [0.15, 0.2) is 5.17 Å². The highest BCUT2D eigenvalue weighted by Gasteiger charge is 2.27. The molecular formula is C19H24FN3OS2. The molecule has 2 heterocycles. The average Bonchev–Trinajstić information content (AvgIpc) is 3.13. The average molecular weight is 394 g/mol. The molecule has 7 heteroatoms. The zero-order chi connectivity index (χ0) is 19.6. The molecule has 2 rings (SSSR count). The third-order valence-electron chi connectivity index (χ3n) is 3.68. The van der Waals surface area contributed by atoms with Crippen LogP contribution in [0.25, 0.3) is 0 Å². The summed E-state index contributed by atoms with van der Waals surface area (Å²) in [5, 5.41) is 6.72. The molecule has 1 aliphatic heterocycles. The number of amides is 1. The van der Waals surface area contributed by atoms with Crippen LogP contribution in [0.3, 0.4) is 0 Å². The molecule has 26 heavy (non-hydrogen) atoms. The fourth-order valence-corrected chi connectivity index (χ4v) is 4.14. The lowest BCUT2D eigenvalue weighted by Crippen LogP contribution is -2.31. The predicted octanol–water partition coefficient (Wildman–Crippen LogP) is 4.13. The maximum absolute atomic E-state index is 13.9. The maximum atomic E-state index is 13.9. The highest BCUT2D eigenvalue weighted by Crippen LogP contribution is 2.30. The second-order valence-electron chi connectivity index (χ2n) is 6.04. The van der Waals surface area contributed by atoms with Gasteiger partial charge in [-0.2, -0.15) is 11.3 Å². The van der Waals surface area contributed by atoms with Gasteiger partial charge in [-0.15, -0.1) is 12.8 Å². The fraction of sp³-hybridized carbons (Fsp3) is 0.368. The molecule has 0 saturated carbocycles. The normalized spacial score (nSPS) is 20.6. The van der Waals surface area contributed by atoms with Crippen molar-refractivity contribution < 1.29 is 9.18 Å². The molecule has 1 aliphatic rings. The fourth-order valence-electron chi connectivity index (χ4n) is 2.47. The largest absolute Gasteiger partial charge is 0.379 e. The Kier molecular flexibility index (Phi) is 9.17. The predicted molar refractivity (Wildman–Crippen MR) is 111 cm³/mol. The second-order valence-corrected chi connectivity index (χ2v) is 7.94. The monoisotopic (exact) mass is 393 g/mol. The van der Waals surface area contributed by atoms with Gasteiger partial charge in [0.2, 0.25) is 0 Å². The third kappa shape index (κ3) is 7.46. The quantitative estimate of drug-likeness (QED) is 0.564. The molecule has 0 fully saturated rings. The van der Waals surface area contributed by atoms with Crippen LogP contribution >= 0.6 is 23.1 Å². The number of nitrogens with one attached hydrogen (secondary N) is 1. The number of allylic oxidation sites excluding steroid dienone is 2. The Bertz CT molecular complexity index is 708. The summed E-state index contributed by atoms with van der Waals surface area (Å²) in [6.45, 7) is 3.90. The molecule has 0 saturated heterocycles. The van der Waals surface area contributed by atoms with Crippen LogP contribution in [0.1, 0.15) is 37.0 Å². The third-order valence-corrected chi connectivity index (χ3v) is 5.16. The first kappa shape index (κ1) is 22.0. The zero-order valence-electron chi connectivity index (χ0n) is 15.0. The molecule has 140 valence electrons. The van der Waals surface area contributed by atoms with E-state index in [1.54, 1.807) is 29.3 Å². The van der Waals surface area contributed by atoms with Gasteiger partial charge in [-0.05, 0) is 44.2 Å². The van der Waals surface area contributed by atoms with Crippen LogP contribution in [0.4, 0.5) is 4.39 Å². The van der Waals surface area contributed by atoms with Crippen molar-refractivity contribution in [3.05, 3.63) is 45.9 Å². The van der Waals surface area contributed by atoms with E-state index in [1.165, 1.54) is 17.4 Å². The van der Waals surface area contributed by atoms with Crippen LogP contribution in [0.5, 0.6) is 0 Å².